The van der Waals surface area contributed by atoms with Gasteiger partial charge in [0.15, 0.2) is 0 Å². The molecular formula is C70H69N3O. The summed E-state index contributed by atoms with van der Waals surface area (Å²) in [5.74, 6) is 0.216. The molecule has 0 radical (unpaired) electrons. The first-order valence-corrected chi connectivity index (χ1v) is 26.0. The Morgan fingerprint density at radius 3 is 1.70 bits per heavy atom. The molecule has 74 heavy (non-hydrogen) atoms. The van der Waals surface area contributed by atoms with Crippen LogP contribution in [0, 0.1) is 6.92 Å². The zero-order valence-corrected chi connectivity index (χ0v) is 45.2. The van der Waals surface area contributed by atoms with Crippen molar-refractivity contribution >= 4 is 11.0 Å². The van der Waals surface area contributed by atoms with E-state index in [9.17, 15) is 5.11 Å². The number of para-hydroxylation sites is 1. The Kier molecular flexibility index (Phi) is 12.6. The van der Waals surface area contributed by atoms with E-state index in [0.717, 1.165) is 106 Å². The highest BCUT2D eigenvalue weighted by atomic mass is 16.3. The fraction of sp³-hybridized carbons (Fsp3) is 0.229. The number of benzene rings is 8. The largest absolute Gasteiger partial charge is 0.507 e. The minimum absolute atomic E-state index is 0.0164. The lowest BCUT2D eigenvalue weighted by Crippen LogP contribution is -2.17. The molecular weight excluding hydrogens is 899 g/mol. The molecule has 370 valence electrons. The van der Waals surface area contributed by atoms with Crippen molar-refractivity contribution in [2.24, 2.45) is 0 Å². The lowest BCUT2D eigenvalue weighted by molar-refractivity contribution is 0.446. The van der Waals surface area contributed by atoms with Crippen LogP contribution in [0.3, 0.4) is 0 Å². The summed E-state index contributed by atoms with van der Waals surface area (Å²) in [6, 6.07) is 65.0. The van der Waals surface area contributed by atoms with Crippen LogP contribution in [0.1, 0.15) is 111 Å². The molecule has 0 bridgehead atoms. The monoisotopic (exact) mass is 969 g/mol. The number of imidazole rings is 1. The predicted octanol–water partition coefficient (Wildman–Crippen LogP) is 19.1. The first-order valence-electron chi connectivity index (χ1n) is 26.5. The van der Waals surface area contributed by atoms with Gasteiger partial charge in [0, 0.05) is 29.8 Å². The van der Waals surface area contributed by atoms with E-state index in [0.29, 0.717) is 11.4 Å². The number of pyridine rings is 1. The number of hydrogen-bond acceptors (Lipinski definition) is 3. The van der Waals surface area contributed by atoms with Gasteiger partial charge in [0.1, 0.15) is 11.6 Å². The van der Waals surface area contributed by atoms with E-state index in [2.05, 4.69) is 256 Å². The summed E-state index contributed by atoms with van der Waals surface area (Å²) in [6.07, 6.45) is 1.89. The number of nitrogens with zero attached hydrogens (tertiary/aromatic N) is 3. The average Bonchev–Trinajstić information content (AvgIpc) is 3.77. The molecule has 0 spiro atoms. The Morgan fingerprint density at radius 1 is 0.473 bits per heavy atom. The third-order valence-electron chi connectivity index (χ3n) is 14.6. The maximum absolute atomic E-state index is 12.8. The highest BCUT2D eigenvalue weighted by molar-refractivity contribution is 5.99. The van der Waals surface area contributed by atoms with Gasteiger partial charge in [0.2, 0.25) is 0 Å². The first kappa shape index (κ1) is 48.4. The van der Waals surface area contributed by atoms with Crippen LogP contribution < -0.4 is 0 Å². The van der Waals surface area contributed by atoms with Crippen molar-refractivity contribution in [1.82, 2.24) is 14.5 Å². The van der Waals surface area contributed by atoms with Crippen molar-refractivity contribution in [1.29, 1.82) is 0 Å². The van der Waals surface area contributed by atoms with E-state index in [1.165, 1.54) is 5.56 Å². The van der Waals surface area contributed by atoms with Crippen LogP contribution in [0.5, 0.6) is 5.75 Å². The quantitative estimate of drug-likeness (QED) is 0.157. The minimum Gasteiger partial charge on any atom is -0.507 e. The Bertz CT molecular complexity index is 3730. The van der Waals surface area contributed by atoms with Crippen molar-refractivity contribution in [3.8, 4) is 89.7 Å². The summed E-state index contributed by atoms with van der Waals surface area (Å²) in [5.41, 5.74) is 20.7. The number of phenolic OH excluding ortho intramolecular Hbond substituents is 1. The van der Waals surface area contributed by atoms with Crippen LogP contribution in [-0.4, -0.2) is 19.6 Å². The molecule has 10 aromatic rings. The third kappa shape index (κ3) is 9.74. The molecule has 4 nitrogen and oxygen atoms in total. The summed E-state index contributed by atoms with van der Waals surface area (Å²) < 4.78 is 10.9. The lowest BCUT2D eigenvalue weighted by Gasteiger charge is -2.28. The van der Waals surface area contributed by atoms with Gasteiger partial charge in [-0.05, 0) is 150 Å². The second-order valence-corrected chi connectivity index (χ2v) is 23.4. The molecule has 0 atom stereocenters. The third-order valence-corrected chi connectivity index (χ3v) is 14.6. The molecule has 2 heterocycles. The zero-order chi connectivity index (χ0) is 53.2. The zero-order valence-electron chi connectivity index (χ0n) is 46.2. The van der Waals surface area contributed by atoms with Crippen molar-refractivity contribution < 1.29 is 6.48 Å². The molecule has 2 aromatic heterocycles. The smallest absolute Gasteiger partial charge is 0.149 e. The van der Waals surface area contributed by atoms with Gasteiger partial charge in [-0.1, -0.05) is 204 Å². The summed E-state index contributed by atoms with van der Waals surface area (Å²) in [5, 5.41) is 12.8. The van der Waals surface area contributed by atoms with Crippen LogP contribution in [-0.2, 0) is 16.2 Å². The Labute approximate surface area is 440 Å². The van der Waals surface area contributed by atoms with E-state index in [1.54, 1.807) is 0 Å². The minimum atomic E-state index is -0.686. The summed E-state index contributed by atoms with van der Waals surface area (Å²) >= 11 is 0. The van der Waals surface area contributed by atoms with Crippen molar-refractivity contribution in [3.63, 3.8) is 0 Å². The number of aryl methyl sites for hydroxylation is 1. The molecule has 0 aliphatic carbocycles. The van der Waals surface area contributed by atoms with Gasteiger partial charge < -0.3 is 5.11 Å². The molecule has 0 aliphatic heterocycles. The van der Waals surface area contributed by atoms with Gasteiger partial charge >= 0.3 is 0 Å². The van der Waals surface area contributed by atoms with E-state index in [4.69, 9.17) is 11.3 Å². The summed E-state index contributed by atoms with van der Waals surface area (Å²) in [6.45, 7) is 26.0. The van der Waals surface area contributed by atoms with Crippen LogP contribution in [0.2, 0.25) is 0 Å². The van der Waals surface area contributed by atoms with Gasteiger partial charge in [-0.2, -0.15) is 0 Å². The second-order valence-electron chi connectivity index (χ2n) is 23.4. The van der Waals surface area contributed by atoms with Gasteiger partial charge in [-0.15, -0.1) is 0 Å². The topological polar surface area (TPSA) is 50.9 Å². The molecule has 10 rings (SSSR count). The van der Waals surface area contributed by atoms with Gasteiger partial charge in [-0.3, -0.25) is 9.55 Å². The number of fused-ring (bicyclic) bond motifs is 1. The van der Waals surface area contributed by atoms with E-state index < -0.39 is 5.89 Å². The molecule has 1 N–H and O–H groups in total. The summed E-state index contributed by atoms with van der Waals surface area (Å²) in [7, 11) is 0. The van der Waals surface area contributed by atoms with Crippen LogP contribution in [0.25, 0.3) is 95.0 Å². The van der Waals surface area contributed by atoms with E-state index in [1.807, 2.05) is 20.0 Å². The van der Waals surface area contributed by atoms with Gasteiger partial charge in [0.05, 0.1) is 28.0 Å². The predicted molar refractivity (Wildman–Crippen MR) is 314 cm³/mol. The van der Waals surface area contributed by atoms with Gasteiger partial charge in [0.25, 0.3) is 0 Å². The molecule has 0 unspecified atom stereocenters. The maximum atomic E-state index is 12.8. The lowest BCUT2D eigenvalue weighted by atomic mass is 9.79. The SMILES string of the molecule is [2H]C(C)(C)c1ccc(-c2ccnc(-c3cc(-c4ccccc4)cc(-c4cccc5c4nc(-c4cc(C(C)(C)C)cc(C(C)(C)C)c4O)n5-c4cc(C)c(-c5ccccc5)cc4-c4ccc(C(C)(C)C)cc4)c3)c2)cc1. The molecule has 0 aliphatic rings. The fourth-order valence-corrected chi connectivity index (χ4v) is 10.2. The van der Waals surface area contributed by atoms with E-state index >= 15 is 0 Å². The summed E-state index contributed by atoms with van der Waals surface area (Å²) in [4.78, 5) is 10.8. The fourth-order valence-electron chi connectivity index (χ4n) is 10.2. The molecule has 0 saturated heterocycles. The molecule has 0 saturated carbocycles. The number of aromatic hydroxyl groups is 1. The molecule has 0 fully saturated rings. The standard InChI is InChI=1S/C70H69N3O/c1-44(2)46-26-28-48(29-27-46)51-34-35-71-62(40-51)54-38-52(47-20-15-13-16-21-47)37-53(39-54)57-24-19-25-63-65(57)72-67(60-41-56(69(7,8)9)42-61(66(60)74)70(10,11)12)73(63)64-36-45(3)58(49-22-17-14-18-23-49)43-59(64)50-30-32-55(33-31-50)68(4,5)6/h13-44,74H,1-12H3/i44D. The van der Waals surface area contributed by atoms with Crippen molar-refractivity contribution in [3.05, 3.63) is 216 Å². The Hall–Kier alpha value is -7.82. The maximum Gasteiger partial charge on any atom is 0.149 e. The number of hydrogen-bond donors (Lipinski definition) is 1. The van der Waals surface area contributed by atoms with E-state index in [-0.39, 0.29) is 22.0 Å². The highest BCUT2D eigenvalue weighted by Gasteiger charge is 2.30. The number of phenols is 1. The van der Waals surface area contributed by atoms with Crippen molar-refractivity contribution in [2.45, 2.75) is 105 Å². The molecule has 4 heteroatoms. The van der Waals surface area contributed by atoms with Crippen LogP contribution in [0.15, 0.2) is 188 Å². The molecule has 8 aromatic carbocycles. The number of rotatable bonds is 9. The Balaban J connectivity index is 1.27. The van der Waals surface area contributed by atoms with Crippen LogP contribution in [0.4, 0.5) is 0 Å². The second kappa shape index (κ2) is 19.2. The van der Waals surface area contributed by atoms with Crippen LogP contribution >= 0.6 is 0 Å². The Morgan fingerprint density at radius 2 is 1.07 bits per heavy atom. The van der Waals surface area contributed by atoms with Gasteiger partial charge in [-0.25, -0.2) is 4.98 Å². The molecule has 0 amide bonds. The highest BCUT2D eigenvalue weighted by Crippen LogP contribution is 2.47. The normalized spacial score (nSPS) is 12.6. The van der Waals surface area contributed by atoms with Crippen molar-refractivity contribution in [2.75, 3.05) is 0 Å². The number of aromatic nitrogens is 3. The average molecular weight is 969 g/mol. The first-order chi connectivity index (χ1) is 35.5.